The van der Waals surface area contributed by atoms with Crippen molar-refractivity contribution in [2.75, 3.05) is 17.9 Å². The molecule has 0 radical (unpaired) electrons. The standard InChI is InChI=1S/C26H29NO6S/c1-16-17(2)19(4)25(20(5)18(16)3)34(30,31)27-22-11-7-9-13-24(22)33-15-14-32-23-12-8-6-10-21(23)26(28)29/h6-13,27H,14-15H2,1-5H3,(H,28,29). The number of carbonyl (C=O) groups is 1. The number of rotatable bonds is 9. The Hall–Kier alpha value is -3.52. The Kier molecular flexibility index (Phi) is 7.51. The van der Waals surface area contributed by atoms with Gasteiger partial charge in [-0.25, -0.2) is 13.2 Å². The highest BCUT2D eigenvalue weighted by Gasteiger charge is 2.24. The third-order valence-corrected chi connectivity index (χ3v) is 7.69. The lowest BCUT2D eigenvalue weighted by molar-refractivity contribution is 0.0691. The van der Waals surface area contributed by atoms with E-state index in [9.17, 15) is 18.3 Å². The van der Waals surface area contributed by atoms with Crippen LogP contribution in [0.25, 0.3) is 0 Å². The van der Waals surface area contributed by atoms with E-state index in [0.29, 0.717) is 11.4 Å². The van der Waals surface area contributed by atoms with Crippen LogP contribution in [0.5, 0.6) is 11.5 Å². The van der Waals surface area contributed by atoms with E-state index < -0.39 is 16.0 Å². The molecule has 180 valence electrons. The predicted octanol–water partition coefficient (Wildman–Crippen LogP) is 5.19. The largest absolute Gasteiger partial charge is 0.489 e. The van der Waals surface area contributed by atoms with Gasteiger partial charge in [-0.15, -0.1) is 0 Å². The van der Waals surface area contributed by atoms with Gasteiger partial charge >= 0.3 is 5.97 Å². The lowest BCUT2D eigenvalue weighted by atomic mass is 9.95. The van der Waals surface area contributed by atoms with Crippen molar-refractivity contribution in [3.8, 4) is 11.5 Å². The SMILES string of the molecule is Cc1c(C)c(C)c(S(=O)(=O)Nc2ccccc2OCCOc2ccccc2C(=O)O)c(C)c1C. The number of hydrogen-bond donors (Lipinski definition) is 2. The third-order valence-electron chi connectivity index (χ3n) is 6.05. The average molecular weight is 484 g/mol. The summed E-state index contributed by atoms with van der Waals surface area (Å²) in [7, 11) is -3.87. The zero-order chi connectivity index (χ0) is 25.0. The Balaban J connectivity index is 1.77. The second-order valence-electron chi connectivity index (χ2n) is 8.05. The van der Waals surface area contributed by atoms with Crippen LogP contribution in [0.1, 0.15) is 38.2 Å². The molecule has 0 aliphatic rings. The van der Waals surface area contributed by atoms with Crippen molar-refractivity contribution in [1.29, 1.82) is 0 Å². The minimum Gasteiger partial charge on any atom is -0.489 e. The van der Waals surface area contributed by atoms with Gasteiger partial charge in [-0.05, 0) is 86.7 Å². The van der Waals surface area contributed by atoms with Gasteiger partial charge in [0.05, 0.1) is 10.6 Å². The summed E-state index contributed by atoms with van der Waals surface area (Å²) in [5.41, 5.74) is 4.79. The number of anilines is 1. The van der Waals surface area contributed by atoms with Gasteiger partial charge < -0.3 is 14.6 Å². The average Bonchev–Trinajstić information content (AvgIpc) is 2.80. The minimum atomic E-state index is -3.87. The van der Waals surface area contributed by atoms with Gasteiger partial charge in [-0.1, -0.05) is 24.3 Å². The van der Waals surface area contributed by atoms with Crippen LogP contribution in [0, 0.1) is 34.6 Å². The number of carboxylic acids is 1. The van der Waals surface area contributed by atoms with Crippen molar-refractivity contribution >= 4 is 21.7 Å². The highest BCUT2D eigenvalue weighted by molar-refractivity contribution is 7.92. The number of nitrogens with one attached hydrogen (secondary N) is 1. The van der Waals surface area contributed by atoms with Crippen LogP contribution >= 0.6 is 0 Å². The molecule has 0 amide bonds. The highest BCUT2D eigenvalue weighted by Crippen LogP contribution is 2.33. The Morgan fingerprint density at radius 1 is 0.765 bits per heavy atom. The van der Waals surface area contributed by atoms with Gasteiger partial charge in [0.1, 0.15) is 30.3 Å². The van der Waals surface area contributed by atoms with Crippen molar-refractivity contribution in [1.82, 2.24) is 0 Å². The van der Waals surface area contributed by atoms with Gasteiger partial charge in [0.25, 0.3) is 10.0 Å². The molecule has 0 spiro atoms. The third kappa shape index (κ3) is 5.17. The number of benzene rings is 3. The van der Waals surface area contributed by atoms with E-state index in [-0.39, 0.29) is 29.4 Å². The minimum absolute atomic E-state index is 0.0603. The van der Waals surface area contributed by atoms with Crippen molar-refractivity contribution in [3.63, 3.8) is 0 Å². The monoisotopic (exact) mass is 483 g/mol. The fraction of sp³-hybridized carbons (Fsp3) is 0.269. The molecule has 3 aromatic rings. The molecule has 0 heterocycles. The van der Waals surface area contributed by atoms with Gasteiger partial charge in [0, 0.05) is 0 Å². The Morgan fingerprint density at radius 3 is 1.82 bits per heavy atom. The lowest BCUT2D eigenvalue weighted by Gasteiger charge is -2.20. The summed E-state index contributed by atoms with van der Waals surface area (Å²) in [6, 6.07) is 13.1. The maximum Gasteiger partial charge on any atom is 0.339 e. The number of hydrogen-bond acceptors (Lipinski definition) is 5. The van der Waals surface area contributed by atoms with E-state index in [2.05, 4.69) is 4.72 Å². The van der Waals surface area contributed by atoms with E-state index in [0.717, 1.165) is 27.8 Å². The van der Waals surface area contributed by atoms with Gasteiger partial charge in [0.15, 0.2) is 0 Å². The normalized spacial score (nSPS) is 11.2. The van der Waals surface area contributed by atoms with E-state index in [1.54, 1.807) is 42.5 Å². The summed E-state index contributed by atoms with van der Waals surface area (Å²) in [5.74, 6) is -0.496. The van der Waals surface area contributed by atoms with E-state index in [1.165, 1.54) is 6.07 Å². The molecule has 3 rings (SSSR count). The topological polar surface area (TPSA) is 102 Å². The van der Waals surface area contributed by atoms with E-state index in [4.69, 9.17) is 9.47 Å². The molecular formula is C26H29NO6S. The molecule has 0 atom stereocenters. The molecule has 0 saturated heterocycles. The van der Waals surface area contributed by atoms with Crippen molar-refractivity contribution in [2.45, 2.75) is 39.5 Å². The Bertz CT molecular complexity index is 1300. The first-order chi connectivity index (χ1) is 16.0. The molecule has 0 bridgehead atoms. The molecule has 7 nitrogen and oxygen atoms in total. The zero-order valence-electron chi connectivity index (χ0n) is 19.9. The molecule has 3 aromatic carbocycles. The summed E-state index contributed by atoms with van der Waals surface area (Å²) in [5, 5.41) is 9.25. The van der Waals surface area contributed by atoms with Gasteiger partial charge in [0.2, 0.25) is 0 Å². The number of para-hydroxylation sites is 3. The zero-order valence-corrected chi connectivity index (χ0v) is 20.7. The molecule has 0 aliphatic carbocycles. The van der Waals surface area contributed by atoms with E-state index >= 15 is 0 Å². The summed E-state index contributed by atoms with van der Waals surface area (Å²) in [4.78, 5) is 11.6. The van der Waals surface area contributed by atoms with Crippen LogP contribution in [-0.2, 0) is 10.0 Å². The maximum atomic E-state index is 13.4. The molecule has 0 saturated carbocycles. The van der Waals surface area contributed by atoms with E-state index in [1.807, 2.05) is 34.6 Å². The molecule has 34 heavy (non-hydrogen) atoms. The smallest absolute Gasteiger partial charge is 0.339 e. The molecule has 0 unspecified atom stereocenters. The fourth-order valence-corrected chi connectivity index (χ4v) is 5.49. The molecule has 8 heteroatoms. The first kappa shape index (κ1) is 25.1. The molecule has 0 aliphatic heterocycles. The van der Waals surface area contributed by atoms with Crippen molar-refractivity contribution < 1.29 is 27.8 Å². The lowest BCUT2D eigenvalue weighted by Crippen LogP contribution is -2.18. The summed E-state index contributed by atoms with van der Waals surface area (Å²) >= 11 is 0. The first-order valence-electron chi connectivity index (χ1n) is 10.8. The van der Waals surface area contributed by atoms with Crippen LogP contribution in [-0.4, -0.2) is 32.7 Å². The first-order valence-corrected chi connectivity index (χ1v) is 12.3. The predicted molar refractivity (Wildman–Crippen MR) is 132 cm³/mol. The molecular weight excluding hydrogens is 454 g/mol. The fourth-order valence-electron chi connectivity index (χ4n) is 3.81. The van der Waals surface area contributed by atoms with Gasteiger partial charge in [-0.2, -0.15) is 0 Å². The van der Waals surface area contributed by atoms with Gasteiger partial charge in [-0.3, -0.25) is 4.72 Å². The summed E-state index contributed by atoms with van der Waals surface area (Å²) in [6.45, 7) is 9.66. The Morgan fingerprint density at radius 2 is 1.24 bits per heavy atom. The highest BCUT2D eigenvalue weighted by atomic mass is 32.2. The summed E-state index contributed by atoms with van der Waals surface area (Å²) in [6.07, 6.45) is 0. The molecule has 0 fully saturated rings. The molecule has 2 N–H and O–H groups in total. The maximum absolute atomic E-state index is 13.4. The number of aromatic carboxylic acids is 1. The van der Waals surface area contributed by atoms with Crippen molar-refractivity contribution in [3.05, 3.63) is 81.9 Å². The van der Waals surface area contributed by atoms with Crippen LogP contribution in [0.2, 0.25) is 0 Å². The second kappa shape index (κ2) is 10.2. The van der Waals surface area contributed by atoms with Crippen molar-refractivity contribution in [2.24, 2.45) is 0 Å². The van der Waals surface area contributed by atoms with Crippen LogP contribution in [0.3, 0.4) is 0 Å². The van der Waals surface area contributed by atoms with Crippen LogP contribution in [0.4, 0.5) is 5.69 Å². The number of carboxylic acid groups (broad SMARTS) is 1. The number of ether oxygens (including phenoxy) is 2. The Labute approximate surface area is 200 Å². The summed E-state index contributed by atoms with van der Waals surface area (Å²) < 4.78 is 40.8. The number of sulfonamides is 1. The quantitative estimate of drug-likeness (QED) is 0.406. The van der Waals surface area contributed by atoms with Crippen LogP contribution in [0.15, 0.2) is 53.4 Å². The second-order valence-corrected chi connectivity index (χ2v) is 9.67. The molecule has 0 aromatic heterocycles. The van der Waals surface area contributed by atoms with Crippen LogP contribution < -0.4 is 14.2 Å².